The highest BCUT2D eigenvalue weighted by Gasteiger charge is 2.30. The van der Waals surface area contributed by atoms with Crippen LogP contribution in [-0.2, 0) is 14.3 Å². The van der Waals surface area contributed by atoms with Gasteiger partial charge in [0.1, 0.15) is 22.8 Å². The number of carbonyl (C=O) groups is 3. The molecule has 3 heterocycles. The van der Waals surface area contributed by atoms with Crippen molar-refractivity contribution in [3.8, 4) is 11.4 Å². The number of nitrogens with one attached hydrogen (secondary N) is 1. The number of anilines is 2. The molecule has 4 aromatic rings. The van der Waals surface area contributed by atoms with Crippen LogP contribution in [0.15, 0.2) is 67.0 Å². The first-order valence-electron chi connectivity index (χ1n) is 14.3. The predicted molar refractivity (Wildman–Crippen MR) is 161 cm³/mol. The van der Waals surface area contributed by atoms with E-state index in [1.165, 1.54) is 30.5 Å². The number of carbonyl (C=O) groups excluding carboxylic acids is 3. The number of benzene rings is 2. The van der Waals surface area contributed by atoms with Crippen molar-refractivity contribution in [2.24, 2.45) is 0 Å². The van der Waals surface area contributed by atoms with Crippen molar-refractivity contribution in [3.63, 3.8) is 0 Å². The minimum atomic E-state index is -1.37. The molecule has 13 nitrogen and oxygen atoms in total. The van der Waals surface area contributed by atoms with Crippen molar-refractivity contribution < 1.29 is 28.2 Å². The number of nitrogens with two attached hydrogens (primary N) is 1. The molecule has 0 saturated carbocycles. The van der Waals surface area contributed by atoms with Crippen LogP contribution >= 0.6 is 0 Å². The van der Waals surface area contributed by atoms with Gasteiger partial charge in [-0.15, -0.1) is 5.10 Å². The summed E-state index contributed by atoms with van der Waals surface area (Å²) in [5, 5.41) is 11.1. The van der Waals surface area contributed by atoms with Crippen molar-refractivity contribution in [1.82, 2.24) is 29.9 Å². The Morgan fingerprint density at radius 3 is 2.38 bits per heavy atom. The lowest BCUT2D eigenvalue weighted by atomic mass is 10.1. The predicted octanol–water partition coefficient (Wildman–Crippen LogP) is 4.57. The van der Waals surface area contributed by atoms with Gasteiger partial charge in [0.15, 0.2) is 11.5 Å². The van der Waals surface area contributed by atoms with E-state index in [2.05, 4.69) is 25.6 Å². The molecule has 0 aliphatic carbocycles. The first-order valence-corrected chi connectivity index (χ1v) is 14.3. The minimum Gasteiger partial charge on any atom is -0.444 e. The van der Waals surface area contributed by atoms with Gasteiger partial charge < -0.3 is 25.4 Å². The van der Waals surface area contributed by atoms with Gasteiger partial charge in [-0.1, -0.05) is 35.5 Å². The van der Waals surface area contributed by atoms with E-state index in [0.717, 1.165) is 0 Å². The maximum absolute atomic E-state index is 13.3. The van der Waals surface area contributed by atoms with Crippen molar-refractivity contribution >= 4 is 29.5 Å². The number of amides is 2. The fourth-order valence-electron chi connectivity index (χ4n) is 4.69. The highest BCUT2D eigenvalue weighted by Crippen LogP contribution is 2.27. The largest absolute Gasteiger partial charge is 0.444 e. The van der Waals surface area contributed by atoms with E-state index in [0.29, 0.717) is 42.9 Å². The molecule has 0 unspecified atom stereocenters. The summed E-state index contributed by atoms with van der Waals surface area (Å²) in [5.41, 5.74) is 6.41. The Morgan fingerprint density at radius 2 is 1.71 bits per heavy atom. The molecule has 1 aliphatic rings. The molecule has 5 rings (SSSR count). The standard InChI is InChI=1S/C31H33FN8O5/c1-31(2,3)45-30(43)39-15-13-22(14-16-39)40-18-24(37-38-40)23-17-34-27(33)25(36-23)29(42)44-26(19-7-5-4-6-8-19)28(41)35-21-11-9-20(32)10-12-21/h4-12,17-18,22,26H,13-16H2,1-3H3,(H2,33,34)(H,35,41)/t26-/m1/s1. The van der Waals surface area contributed by atoms with Gasteiger partial charge in [0.25, 0.3) is 5.91 Å². The summed E-state index contributed by atoms with van der Waals surface area (Å²) in [4.78, 5) is 49.1. The first kappa shape index (κ1) is 31.0. The van der Waals surface area contributed by atoms with E-state index >= 15 is 0 Å². The number of nitrogens with zero attached hydrogens (tertiary/aromatic N) is 6. The molecule has 2 aromatic heterocycles. The molecule has 2 aromatic carbocycles. The molecule has 3 N–H and O–H groups in total. The number of aromatic nitrogens is 5. The molecular weight excluding hydrogens is 583 g/mol. The van der Waals surface area contributed by atoms with Crippen LogP contribution in [0.4, 0.5) is 20.7 Å². The Kier molecular flexibility index (Phi) is 9.02. The first-order chi connectivity index (χ1) is 21.5. The normalized spacial score (nSPS) is 14.4. The molecule has 1 saturated heterocycles. The maximum Gasteiger partial charge on any atom is 0.410 e. The van der Waals surface area contributed by atoms with Gasteiger partial charge in [-0.25, -0.2) is 28.6 Å². The van der Waals surface area contributed by atoms with Gasteiger partial charge in [-0.2, -0.15) is 0 Å². The van der Waals surface area contributed by atoms with Gasteiger partial charge in [0.05, 0.1) is 18.4 Å². The van der Waals surface area contributed by atoms with Gasteiger partial charge in [-0.3, -0.25) is 4.79 Å². The average Bonchev–Trinajstić information content (AvgIpc) is 3.51. The Labute approximate surface area is 258 Å². The Hall–Kier alpha value is -5.40. The second-order valence-corrected chi connectivity index (χ2v) is 11.5. The van der Waals surface area contributed by atoms with Crippen molar-refractivity contribution in [2.75, 3.05) is 24.1 Å². The second-order valence-electron chi connectivity index (χ2n) is 11.5. The zero-order valence-corrected chi connectivity index (χ0v) is 25.0. The number of nitrogen functional groups attached to an aromatic ring is 1. The Bertz CT molecular complexity index is 1670. The molecular formula is C31H33FN8O5. The molecule has 45 heavy (non-hydrogen) atoms. The fraction of sp³-hybridized carbons (Fsp3) is 0.323. The molecule has 14 heteroatoms. The summed E-state index contributed by atoms with van der Waals surface area (Å²) in [6.07, 6.45) is 2.62. The zero-order valence-electron chi connectivity index (χ0n) is 25.0. The highest BCUT2D eigenvalue weighted by molar-refractivity contribution is 5.99. The number of ether oxygens (including phenoxy) is 2. The summed E-state index contributed by atoms with van der Waals surface area (Å²) in [6.45, 7) is 6.49. The van der Waals surface area contributed by atoms with E-state index < -0.39 is 29.4 Å². The molecule has 0 spiro atoms. The molecule has 0 radical (unpaired) electrons. The molecule has 1 fully saturated rings. The van der Waals surface area contributed by atoms with Crippen LogP contribution < -0.4 is 11.1 Å². The van der Waals surface area contributed by atoms with Crippen LogP contribution in [0.1, 0.15) is 61.8 Å². The van der Waals surface area contributed by atoms with Gasteiger partial charge in [0.2, 0.25) is 6.10 Å². The quantitative estimate of drug-likeness (QED) is 0.281. The summed E-state index contributed by atoms with van der Waals surface area (Å²) in [5.74, 6) is -2.30. The van der Waals surface area contributed by atoms with Crippen LogP contribution in [0.5, 0.6) is 0 Å². The summed E-state index contributed by atoms with van der Waals surface area (Å²) in [6, 6.07) is 13.6. The molecule has 1 aliphatic heterocycles. The molecule has 1 atom stereocenters. The SMILES string of the molecule is CC(C)(C)OC(=O)N1CCC(n2cc(-c3cnc(N)c(C(=O)O[C@@H](C(=O)Nc4ccc(F)cc4)c4ccccc4)n3)nn2)CC1. The smallest absolute Gasteiger partial charge is 0.410 e. The van der Waals surface area contributed by atoms with E-state index in [-0.39, 0.29) is 29.3 Å². The maximum atomic E-state index is 13.3. The lowest BCUT2D eigenvalue weighted by Crippen LogP contribution is -2.42. The lowest BCUT2D eigenvalue weighted by Gasteiger charge is -2.33. The van der Waals surface area contributed by atoms with E-state index in [4.69, 9.17) is 15.2 Å². The van der Waals surface area contributed by atoms with Gasteiger partial charge in [-0.05, 0) is 57.9 Å². The monoisotopic (exact) mass is 616 g/mol. The fourth-order valence-corrected chi connectivity index (χ4v) is 4.69. The summed E-state index contributed by atoms with van der Waals surface area (Å²) in [7, 11) is 0. The minimum absolute atomic E-state index is 0.0117. The third-order valence-electron chi connectivity index (χ3n) is 6.93. The topological polar surface area (TPSA) is 167 Å². The second kappa shape index (κ2) is 13.1. The van der Waals surface area contributed by atoms with Crippen LogP contribution in [0.2, 0.25) is 0 Å². The number of halogens is 1. The molecule has 2 amide bonds. The number of esters is 1. The van der Waals surface area contributed by atoms with Crippen molar-refractivity contribution in [1.29, 1.82) is 0 Å². The van der Waals surface area contributed by atoms with Crippen molar-refractivity contribution in [3.05, 3.63) is 84.1 Å². The highest BCUT2D eigenvalue weighted by atomic mass is 19.1. The molecule has 234 valence electrons. The number of rotatable bonds is 7. The number of hydrogen-bond acceptors (Lipinski definition) is 10. The number of hydrogen-bond donors (Lipinski definition) is 2. The van der Waals surface area contributed by atoms with Crippen LogP contribution in [0.3, 0.4) is 0 Å². The van der Waals surface area contributed by atoms with E-state index in [1.807, 2.05) is 20.8 Å². The van der Waals surface area contributed by atoms with Crippen LogP contribution in [0, 0.1) is 5.82 Å². The average molecular weight is 617 g/mol. The van der Waals surface area contributed by atoms with Crippen LogP contribution in [0.25, 0.3) is 11.4 Å². The van der Waals surface area contributed by atoms with E-state index in [1.54, 1.807) is 46.1 Å². The van der Waals surface area contributed by atoms with Gasteiger partial charge >= 0.3 is 12.1 Å². The van der Waals surface area contributed by atoms with Crippen LogP contribution in [-0.4, -0.2) is 66.5 Å². The summed E-state index contributed by atoms with van der Waals surface area (Å²) < 4.78 is 26.1. The summed E-state index contributed by atoms with van der Waals surface area (Å²) >= 11 is 0. The third kappa shape index (κ3) is 7.77. The lowest BCUT2D eigenvalue weighted by molar-refractivity contribution is -0.125. The third-order valence-corrected chi connectivity index (χ3v) is 6.93. The van der Waals surface area contributed by atoms with E-state index in [9.17, 15) is 18.8 Å². The van der Waals surface area contributed by atoms with Crippen molar-refractivity contribution in [2.45, 2.75) is 51.4 Å². The number of likely N-dealkylation sites (tertiary alicyclic amines) is 1. The van der Waals surface area contributed by atoms with Gasteiger partial charge in [0, 0.05) is 24.3 Å². The Balaban J connectivity index is 1.29. The Morgan fingerprint density at radius 1 is 1.02 bits per heavy atom. The number of piperidine rings is 1. The molecule has 0 bridgehead atoms. The zero-order chi connectivity index (χ0) is 32.1.